The number of amides is 1. The van der Waals surface area contributed by atoms with Crippen molar-refractivity contribution < 1.29 is 18.3 Å². The molecule has 1 amide bonds. The molecule has 4 aromatic rings. The standard InChI is InChI=1S/C30H31F2N5O2/c1-37-7-4-20-14-26(28(15-21(20)17-37)33-24-5-8-39-9-6-24)30(38)34-29-25-13-18(2-3-27(25)35-36-29)10-19-11-22(31)16-23(32)12-19/h2-3,11-16,24,33H,4-10,17H2,1H3,(H2,34,35,36,38). The number of nitrogens with zero attached hydrogens (tertiary/aromatic N) is 2. The van der Waals surface area contributed by atoms with Gasteiger partial charge in [-0.05, 0) is 91.4 Å². The molecular weight excluding hydrogens is 500 g/mol. The third-order valence-electron chi connectivity index (χ3n) is 7.56. The number of likely N-dealkylation sites (N-methyl/N-ethyl adjacent to an activating group) is 1. The van der Waals surface area contributed by atoms with Crippen LogP contribution in [0.25, 0.3) is 10.9 Å². The van der Waals surface area contributed by atoms with E-state index in [4.69, 9.17) is 4.74 Å². The lowest BCUT2D eigenvalue weighted by Crippen LogP contribution is -2.30. The van der Waals surface area contributed by atoms with Gasteiger partial charge in [-0.15, -0.1) is 0 Å². The molecule has 6 rings (SSSR count). The minimum absolute atomic E-state index is 0.239. The zero-order chi connectivity index (χ0) is 26.9. The summed E-state index contributed by atoms with van der Waals surface area (Å²) in [6.07, 6.45) is 3.01. The Bertz CT molecular complexity index is 1510. The van der Waals surface area contributed by atoms with E-state index in [2.05, 4.69) is 38.8 Å². The molecule has 0 bridgehead atoms. The second-order valence-electron chi connectivity index (χ2n) is 10.5. The van der Waals surface area contributed by atoms with Gasteiger partial charge in [0.1, 0.15) is 11.6 Å². The Morgan fingerprint density at radius 1 is 1.05 bits per heavy atom. The van der Waals surface area contributed by atoms with Crippen LogP contribution in [-0.4, -0.2) is 53.9 Å². The summed E-state index contributed by atoms with van der Waals surface area (Å²) in [6, 6.07) is 13.5. The number of ether oxygens (including phenoxy) is 1. The van der Waals surface area contributed by atoms with Crippen LogP contribution < -0.4 is 10.6 Å². The monoisotopic (exact) mass is 531 g/mol. The molecule has 0 saturated carbocycles. The third kappa shape index (κ3) is 5.65. The van der Waals surface area contributed by atoms with E-state index < -0.39 is 11.6 Å². The highest BCUT2D eigenvalue weighted by Gasteiger charge is 2.23. The van der Waals surface area contributed by atoms with Crippen LogP contribution in [0, 0.1) is 11.6 Å². The Kier molecular flexibility index (Phi) is 7.01. The van der Waals surface area contributed by atoms with Crippen molar-refractivity contribution in [2.75, 3.05) is 37.4 Å². The number of hydrogen-bond donors (Lipinski definition) is 3. The van der Waals surface area contributed by atoms with Crippen molar-refractivity contribution in [3.05, 3.63) is 88.0 Å². The van der Waals surface area contributed by atoms with Crippen molar-refractivity contribution in [3.63, 3.8) is 0 Å². The van der Waals surface area contributed by atoms with Crippen LogP contribution in [0.4, 0.5) is 20.3 Å². The summed E-state index contributed by atoms with van der Waals surface area (Å²) in [5, 5.41) is 14.7. The van der Waals surface area contributed by atoms with E-state index in [9.17, 15) is 13.6 Å². The smallest absolute Gasteiger partial charge is 0.258 e. The maximum Gasteiger partial charge on any atom is 0.258 e. The zero-order valence-corrected chi connectivity index (χ0v) is 21.8. The molecule has 3 aromatic carbocycles. The van der Waals surface area contributed by atoms with E-state index in [1.807, 2.05) is 24.3 Å². The number of H-pyrrole nitrogens is 1. The summed E-state index contributed by atoms with van der Waals surface area (Å²) in [5.74, 6) is -1.04. The molecular formula is C30H31F2N5O2. The third-order valence-corrected chi connectivity index (χ3v) is 7.56. The van der Waals surface area contributed by atoms with Crippen molar-refractivity contribution in [2.45, 2.75) is 38.3 Å². The highest BCUT2D eigenvalue weighted by Crippen LogP contribution is 2.30. The number of aromatic amines is 1. The number of halogens is 2. The molecule has 1 fully saturated rings. The number of carbonyl (C=O) groups is 1. The molecule has 0 spiro atoms. The normalized spacial score (nSPS) is 16.3. The van der Waals surface area contributed by atoms with Crippen LogP contribution in [0.2, 0.25) is 0 Å². The summed E-state index contributed by atoms with van der Waals surface area (Å²) in [7, 11) is 2.11. The molecule has 2 aliphatic rings. The molecule has 7 nitrogen and oxygen atoms in total. The number of rotatable bonds is 6. The predicted octanol–water partition coefficient (Wildman–Crippen LogP) is 5.26. The zero-order valence-electron chi connectivity index (χ0n) is 21.8. The number of fused-ring (bicyclic) bond motifs is 2. The first-order valence-electron chi connectivity index (χ1n) is 13.3. The van der Waals surface area contributed by atoms with Crippen molar-refractivity contribution >= 4 is 28.3 Å². The first-order chi connectivity index (χ1) is 18.9. The van der Waals surface area contributed by atoms with Crippen LogP contribution >= 0.6 is 0 Å². The second-order valence-corrected chi connectivity index (χ2v) is 10.5. The van der Waals surface area contributed by atoms with Gasteiger partial charge in [-0.25, -0.2) is 8.78 Å². The molecule has 3 heterocycles. The Morgan fingerprint density at radius 2 is 1.85 bits per heavy atom. The quantitative estimate of drug-likeness (QED) is 0.316. The van der Waals surface area contributed by atoms with E-state index in [0.29, 0.717) is 36.6 Å². The summed E-state index contributed by atoms with van der Waals surface area (Å²) >= 11 is 0. The fourth-order valence-electron chi connectivity index (χ4n) is 5.51. The average Bonchev–Trinajstić information content (AvgIpc) is 3.30. The summed E-state index contributed by atoms with van der Waals surface area (Å²) in [5.41, 5.74) is 5.97. The van der Waals surface area contributed by atoms with Gasteiger partial charge in [-0.2, -0.15) is 5.10 Å². The Balaban J connectivity index is 1.29. The minimum atomic E-state index is -0.607. The maximum absolute atomic E-state index is 13.7. The summed E-state index contributed by atoms with van der Waals surface area (Å²) in [4.78, 5) is 16.0. The van der Waals surface area contributed by atoms with Gasteiger partial charge in [-0.1, -0.05) is 6.07 Å². The van der Waals surface area contributed by atoms with Crippen LogP contribution in [0.1, 0.15) is 45.5 Å². The number of carbonyl (C=O) groups excluding carboxylic acids is 1. The van der Waals surface area contributed by atoms with Gasteiger partial charge in [0.15, 0.2) is 5.82 Å². The van der Waals surface area contributed by atoms with E-state index in [1.54, 1.807) is 0 Å². The van der Waals surface area contributed by atoms with Gasteiger partial charge < -0.3 is 20.3 Å². The first kappa shape index (κ1) is 25.5. The van der Waals surface area contributed by atoms with Crippen LogP contribution in [0.5, 0.6) is 0 Å². The van der Waals surface area contributed by atoms with Crippen LogP contribution in [0.15, 0.2) is 48.5 Å². The van der Waals surface area contributed by atoms with Crippen molar-refractivity contribution in [2.24, 2.45) is 0 Å². The second kappa shape index (κ2) is 10.7. The fraction of sp³-hybridized carbons (Fsp3) is 0.333. The molecule has 0 radical (unpaired) electrons. The number of aromatic nitrogens is 2. The topological polar surface area (TPSA) is 82.3 Å². The molecule has 9 heteroatoms. The fourth-order valence-corrected chi connectivity index (χ4v) is 5.51. The summed E-state index contributed by atoms with van der Waals surface area (Å²) < 4.78 is 32.9. The van der Waals surface area contributed by atoms with Gasteiger partial charge in [0.2, 0.25) is 0 Å². The molecule has 202 valence electrons. The highest BCUT2D eigenvalue weighted by molar-refractivity contribution is 6.11. The van der Waals surface area contributed by atoms with Gasteiger partial charge in [0.25, 0.3) is 5.91 Å². The van der Waals surface area contributed by atoms with E-state index >= 15 is 0 Å². The van der Waals surface area contributed by atoms with Crippen molar-refractivity contribution in [1.29, 1.82) is 0 Å². The van der Waals surface area contributed by atoms with E-state index in [0.717, 1.165) is 60.6 Å². The average molecular weight is 532 g/mol. The van der Waals surface area contributed by atoms with Crippen LogP contribution in [-0.2, 0) is 24.1 Å². The molecule has 0 unspecified atom stereocenters. The lowest BCUT2D eigenvalue weighted by atomic mass is 9.95. The number of hydrogen-bond acceptors (Lipinski definition) is 5. The minimum Gasteiger partial charge on any atom is -0.381 e. The first-order valence-corrected chi connectivity index (χ1v) is 13.3. The predicted molar refractivity (Wildman–Crippen MR) is 147 cm³/mol. The lowest BCUT2D eigenvalue weighted by Gasteiger charge is -2.29. The van der Waals surface area contributed by atoms with Gasteiger partial charge >= 0.3 is 0 Å². The maximum atomic E-state index is 13.7. The molecule has 3 N–H and O–H groups in total. The molecule has 1 aromatic heterocycles. The number of nitrogens with one attached hydrogen (secondary N) is 3. The van der Waals surface area contributed by atoms with Gasteiger partial charge in [-0.3, -0.25) is 9.89 Å². The Morgan fingerprint density at radius 3 is 2.64 bits per heavy atom. The van der Waals surface area contributed by atoms with E-state index in [1.165, 1.54) is 23.3 Å². The molecule has 0 aliphatic carbocycles. The van der Waals surface area contributed by atoms with Crippen LogP contribution in [0.3, 0.4) is 0 Å². The molecule has 2 aliphatic heterocycles. The summed E-state index contributed by atoms with van der Waals surface area (Å²) in [6.45, 7) is 3.21. The van der Waals surface area contributed by atoms with Gasteiger partial charge in [0.05, 0.1) is 11.1 Å². The molecule has 1 saturated heterocycles. The number of benzene rings is 3. The van der Waals surface area contributed by atoms with E-state index in [-0.39, 0.29) is 11.9 Å². The Hall–Kier alpha value is -3.82. The van der Waals surface area contributed by atoms with Gasteiger partial charge in [0, 0.05) is 49.5 Å². The molecule has 39 heavy (non-hydrogen) atoms. The largest absolute Gasteiger partial charge is 0.381 e. The highest BCUT2D eigenvalue weighted by atomic mass is 19.1. The lowest BCUT2D eigenvalue weighted by molar-refractivity contribution is 0.0904. The Labute approximate surface area is 225 Å². The van der Waals surface area contributed by atoms with Crippen molar-refractivity contribution in [1.82, 2.24) is 15.1 Å². The SMILES string of the molecule is CN1CCc2cc(C(=O)Nc3n[nH]c4ccc(Cc5cc(F)cc(F)c5)cc34)c(NC3CCOCC3)cc2C1. The number of anilines is 2. The van der Waals surface area contributed by atoms with Crippen molar-refractivity contribution in [3.8, 4) is 0 Å². The molecule has 0 atom stereocenters.